The Morgan fingerprint density at radius 2 is 1.82 bits per heavy atom. The summed E-state index contributed by atoms with van der Waals surface area (Å²) in [5.74, 6) is 0.293. The second-order valence-corrected chi connectivity index (χ2v) is 5.41. The van der Waals surface area contributed by atoms with Crippen LogP contribution in [-0.2, 0) is 4.79 Å². The van der Waals surface area contributed by atoms with Crippen LogP contribution in [0.3, 0.4) is 0 Å². The van der Waals surface area contributed by atoms with E-state index < -0.39 is 0 Å². The number of aliphatic hydroxyl groups excluding tert-OH is 1. The van der Waals surface area contributed by atoms with Crippen LogP contribution in [0.2, 0.25) is 0 Å². The van der Waals surface area contributed by atoms with Gasteiger partial charge in [-0.25, -0.2) is 0 Å². The highest BCUT2D eigenvalue weighted by molar-refractivity contribution is 5.77. The van der Waals surface area contributed by atoms with E-state index in [1.165, 1.54) is 0 Å². The molecule has 0 aliphatic carbocycles. The maximum absolute atomic E-state index is 12.1. The number of unbranched alkanes of at least 4 members (excludes halogenated alkanes) is 2. The summed E-state index contributed by atoms with van der Waals surface area (Å²) in [4.78, 5) is 14.2. The summed E-state index contributed by atoms with van der Waals surface area (Å²) in [5.41, 5.74) is 5.43. The number of nitrogens with zero attached hydrogens (tertiary/aromatic N) is 1. The molecule has 2 saturated heterocycles. The van der Waals surface area contributed by atoms with Crippen LogP contribution in [0.25, 0.3) is 0 Å². The van der Waals surface area contributed by atoms with Gasteiger partial charge in [0.2, 0.25) is 5.91 Å². The first-order chi connectivity index (χ1) is 8.22. The number of rotatable bonds is 5. The Morgan fingerprint density at radius 3 is 2.41 bits per heavy atom. The summed E-state index contributed by atoms with van der Waals surface area (Å²) in [5, 5.41) is 9.68. The molecule has 0 saturated carbocycles. The zero-order chi connectivity index (χ0) is 12.3. The van der Waals surface area contributed by atoms with Gasteiger partial charge in [-0.15, -0.1) is 0 Å². The molecule has 0 radical (unpaired) electrons. The lowest BCUT2D eigenvalue weighted by Crippen LogP contribution is -2.47. The Kier molecular flexibility index (Phi) is 4.40. The maximum atomic E-state index is 12.1. The number of fused-ring (bicyclic) bond motifs is 2. The molecule has 98 valence electrons. The predicted octanol–water partition coefficient (Wildman–Crippen LogP) is 1.02. The first-order valence-corrected chi connectivity index (χ1v) is 6.91. The van der Waals surface area contributed by atoms with Crippen molar-refractivity contribution in [3.8, 4) is 0 Å². The van der Waals surface area contributed by atoms with Gasteiger partial charge in [0.05, 0.1) is 6.10 Å². The predicted molar refractivity (Wildman–Crippen MR) is 66.4 cm³/mol. The fourth-order valence-corrected chi connectivity index (χ4v) is 3.28. The SMILES string of the molecule is NCCCCCC(=O)N1C2CCC1CC(O)C2. The zero-order valence-corrected chi connectivity index (χ0v) is 10.5. The van der Waals surface area contributed by atoms with Gasteiger partial charge in [0, 0.05) is 18.5 Å². The van der Waals surface area contributed by atoms with E-state index in [0.717, 1.165) is 51.5 Å². The Bertz CT molecular complexity index is 256. The van der Waals surface area contributed by atoms with Gasteiger partial charge < -0.3 is 15.7 Å². The van der Waals surface area contributed by atoms with Crippen molar-refractivity contribution in [3.63, 3.8) is 0 Å². The highest BCUT2D eigenvalue weighted by Gasteiger charge is 2.42. The van der Waals surface area contributed by atoms with Crippen LogP contribution in [0.4, 0.5) is 0 Å². The average molecular weight is 240 g/mol. The summed E-state index contributed by atoms with van der Waals surface area (Å²) in [6.45, 7) is 0.718. The van der Waals surface area contributed by atoms with Gasteiger partial charge in [-0.2, -0.15) is 0 Å². The van der Waals surface area contributed by atoms with E-state index in [0.29, 0.717) is 24.4 Å². The standard InChI is InChI=1S/C13H24N2O2/c14-7-3-1-2-4-13(17)15-10-5-6-11(15)9-12(16)8-10/h10-12,16H,1-9,14H2. The molecular weight excluding hydrogens is 216 g/mol. The quantitative estimate of drug-likeness (QED) is 0.705. The minimum atomic E-state index is -0.186. The third-order valence-electron chi connectivity index (χ3n) is 4.09. The lowest BCUT2D eigenvalue weighted by Gasteiger charge is -2.37. The zero-order valence-electron chi connectivity index (χ0n) is 10.5. The second kappa shape index (κ2) is 5.83. The molecule has 0 aromatic rings. The molecule has 0 aromatic carbocycles. The van der Waals surface area contributed by atoms with Crippen LogP contribution in [-0.4, -0.2) is 40.6 Å². The lowest BCUT2D eigenvalue weighted by atomic mass is 9.99. The fourth-order valence-electron chi connectivity index (χ4n) is 3.28. The first-order valence-electron chi connectivity index (χ1n) is 6.91. The number of hydrogen-bond acceptors (Lipinski definition) is 3. The van der Waals surface area contributed by atoms with Crippen molar-refractivity contribution in [3.05, 3.63) is 0 Å². The molecule has 4 nitrogen and oxygen atoms in total. The number of aliphatic hydroxyl groups is 1. The maximum Gasteiger partial charge on any atom is 0.223 e. The number of piperidine rings is 1. The number of hydrogen-bond donors (Lipinski definition) is 2. The third kappa shape index (κ3) is 2.99. The van der Waals surface area contributed by atoms with E-state index in [9.17, 15) is 9.90 Å². The second-order valence-electron chi connectivity index (χ2n) is 5.41. The van der Waals surface area contributed by atoms with Crippen molar-refractivity contribution in [2.45, 2.75) is 69.6 Å². The van der Waals surface area contributed by atoms with Crippen LogP contribution in [0.5, 0.6) is 0 Å². The molecule has 2 aliphatic heterocycles. The van der Waals surface area contributed by atoms with Crippen LogP contribution in [0, 0.1) is 0 Å². The summed E-state index contributed by atoms with van der Waals surface area (Å²) in [6, 6.07) is 0.622. The van der Waals surface area contributed by atoms with Gasteiger partial charge in [-0.1, -0.05) is 6.42 Å². The molecule has 2 rings (SSSR count). The number of carbonyl (C=O) groups is 1. The van der Waals surface area contributed by atoms with Crippen LogP contribution in [0.15, 0.2) is 0 Å². The average Bonchev–Trinajstić information content (AvgIpc) is 2.57. The van der Waals surface area contributed by atoms with Crippen LogP contribution >= 0.6 is 0 Å². The van der Waals surface area contributed by atoms with E-state index in [2.05, 4.69) is 4.90 Å². The molecule has 2 unspecified atom stereocenters. The summed E-state index contributed by atoms with van der Waals surface area (Å²) < 4.78 is 0. The summed E-state index contributed by atoms with van der Waals surface area (Å²) in [7, 11) is 0. The molecule has 0 spiro atoms. The molecule has 0 aromatic heterocycles. The van der Waals surface area contributed by atoms with Gasteiger partial charge in [-0.05, 0) is 45.1 Å². The first kappa shape index (κ1) is 12.8. The van der Waals surface area contributed by atoms with Gasteiger partial charge in [0.15, 0.2) is 0 Å². The molecule has 2 aliphatic rings. The lowest BCUT2D eigenvalue weighted by molar-refractivity contribution is -0.137. The monoisotopic (exact) mass is 240 g/mol. The van der Waals surface area contributed by atoms with E-state index in [1.54, 1.807) is 0 Å². The van der Waals surface area contributed by atoms with Gasteiger partial charge in [0.1, 0.15) is 0 Å². The van der Waals surface area contributed by atoms with Gasteiger partial charge in [0.25, 0.3) is 0 Å². The molecule has 17 heavy (non-hydrogen) atoms. The van der Waals surface area contributed by atoms with E-state index in [4.69, 9.17) is 5.73 Å². The molecule has 2 atom stereocenters. The molecule has 2 heterocycles. The van der Waals surface area contributed by atoms with Crippen molar-refractivity contribution < 1.29 is 9.90 Å². The van der Waals surface area contributed by atoms with Crippen LogP contribution in [0.1, 0.15) is 51.4 Å². The molecule has 3 N–H and O–H groups in total. The number of nitrogens with two attached hydrogens (primary N) is 1. The van der Waals surface area contributed by atoms with E-state index in [-0.39, 0.29) is 6.10 Å². The van der Waals surface area contributed by atoms with Crippen molar-refractivity contribution >= 4 is 5.91 Å². The highest BCUT2D eigenvalue weighted by Crippen LogP contribution is 2.36. The molecular formula is C13H24N2O2. The summed E-state index contributed by atoms with van der Waals surface area (Å²) >= 11 is 0. The molecule has 2 fully saturated rings. The van der Waals surface area contributed by atoms with E-state index >= 15 is 0 Å². The highest BCUT2D eigenvalue weighted by atomic mass is 16.3. The smallest absolute Gasteiger partial charge is 0.223 e. The molecule has 1 amide bonds. The Labute approximate surface area is 103 Å². The summed E-state index contributed by atoms with van der Waals surface area (Å²) in [6.07, 6.45) is 7.21. The fraction of sp³-hybridized carbons (Fsp3) is 0.923. The van der Waals surface area contributed by atoms with Gasteiger partial charge in [-0.3, -0.25) is 4.79 Å². The van der Waals surface area contributed by atoms with E-state index in [1.807, 2.05) is 0 Å². The number of carbonyl (C=O) groups excluding carboxylic acids is 1. The Morgan fingerprint density at radius 1 is 1.18 bits per heavy atom. The normalized spacial score (nSPS) is 31.9. The Hall–Kier alpha value is -0.610. The van der Waals surface area contributed by atoms with Crippen molar-refractivity contribution in [2.75, 3.05) is 6.54 Å². The van der Waals surface area contributed by atoms with Crippen molar-refractivity contribution in [1.29, 1.82) is 0 Å². The topological polar surface area (TPSA) is 66.6 Å². The van der Waals surface area contributed by atoms with Gasteiger partial charge >= 0.3 is 0 Å². The molecule has 4 heteroatoms. The van der Waals surface area contributed by atoms with Crippen molar-refractivity contribution in [1.82, 2.24) is 4.90 Å². The Balaban J connectivity index is 1.80. The number of amides is 1. The third-order valence-corrected chi connectivity index (χ3v) is 4.09. The van der Waals surface area contributed by atoms with Crippen LogP contribution < -0.4 is 5.73 Å². The largest absolute Gasteiger partial charge is 0.393 e. The minimum absolute atomic E-state index is 0.186. The minimum Gasteiger partial charge on any atom is -0.393 e. The molecule has 2 bridgehead atoms. The van der Waals surface area contributed by atoms with Crippen molar-refractivity contribution in [2.24, 2.45) is 5.73 Å².